The average Bonchev–Trinajstić information content (AvgIpc) is 2.45. The zero-order valence-corrected chi connectivity index (χ0v) is 12.2. The van der Waals surface area contributed by atoms with E-state index in [0.717, 1.165) is 0 Å². The molecule has 0 saturated heterocycles. The van der Waals surface area contributed by atoms with E-state index in [1.165, 1.54) is 6.20 Å². The molecule has 0 bridgehead atoms. The van der Waals surface area contributed by atoms with Crippen molar-refractivity contribution in [3.05, 3.63) is 23.9 Å². The third-order valence-electron chi connectivity index (χ3n) is 2.73. The van der Waals surface area contributed by atoms with Gasteiger partial charge in [0.1, 0.15) is 5.82 Å². The van der Waals surface area contributed by atoms with Gasteiger partial charge in [-0.3, -0.25) is 4.79 Å². The van der Waals surface area contributed by atoms with E-state index < -0.39 is 0 Å². The third-order valence-corrected chi connectivity index (χ3v) is 2.73. The number of rotatable bonds is 9. The molecule has 1 amide bonds. The quantitative estimate of drug-likeness (QED) is 0.688. The molecule has 2 N–H and O–H groups in total. The molecule has 0 unspecified atom stereocenters. The topological polar surface area (TPSA) is 77.7 Å². The summed E-state index contributed by atoms with van der Waals surface area (Å²) in [5.74, 6) is 0.254. The van der Waals surface area contributed by atoms with E-state index in [-0.39, 0.29) is 5.91 Å². The van der Waals surface area contributed by atoms with Crippen LogP contribution in [0.25, 0.3) is 0 Å². The van der Waals surface area contributed by atoms with Crippen LogP contribution in [0.4, 0.5) is 5.82 Å². The first kappa shape index (κ1) is 16.4. The first-order valence-electron chi connectivity index (χ1n) is 6.85. The van der Waals surface area contributed by atoms with E-state index in [9.17, 15) is 4.79 Å². The van der Waals surface area contributed by atoms with Crippen molar-refractivity contribution in [3.63, 3.8) is 0 Å². The maximum Gasteiger partial charge on any atom is 0.254 e. The van der Waals surface area contributed by atoms with Crippen LogP contribution in [0.5, 0.6) is 0 Å². The number of anilines is 1. The number of ether oxygens (including phenoxy) is 2. The Morgan fingerprint density at radius 2 is 1.85 bits per heavy atom. The van der Waals surface area contributed by atoms with E-state index >= 15 is 0 Å². The minimum Gasteiger partial charge on any atom is -0.384 e. The molecule has 6 heteroatoms. The first-order chi connectivity index (χ1) is 9.69. The molecule has 1 rings (SSSR count). The van der Waals surface area contributed by atoms with Gasteiger partial charge in [-0.1, -0.05) is 0 Å². The van der Waals surface area contributed by atoms with E-state index in [4.69, 9.17) is 15.2 Å². The summed E-state index contributed by atoms with van der Waals surface area (Å²) in [6.45, 7) is 7.20. The van der Waals surface area contributed by atoms with Crippen molar-refractivity contribution < 1.29 is 14.3 Å². The van der Waals surface area contributed by atoms with Crippen LogP contribution < -0.4 is 5.73 Å². The van der Waals surface area contributed by atoms with Crippen molar-refractivity contribution in [2.24, 2.45) is 0 Å². The zero-order chi connectivity index (χ0) is 14.8. The molecule has 1 aromatic rings. The fourth-order valence-electron chi connectivity index (χ4n) is 1.72. The fourth-order valence-corrected chi connectivity index (χ4v) is 1.72. The van der Waals surface area contributed by atoms with Crippen LogP contribution in [0.3, 0.4) is 0 Å². The summed E-state index contributed by atoms with van der Waals surface area (Å²) in [6, 6.07) is 3.24. The number of carbonyl (C=O) groups excluding carboxylic acids is 1. The molecule has 0 aliphatic rings. The van der Waals surface area contributed by atoms with Gasteiger partial charge in [0.15, 0.2) is 0 Å². The lowest BCUT2D eigenvalue weighted by atomic mass is 10.2. The standard InChI is InChI=1S/C14H23N3O3/c1-3-19-9-7-17(8-10-20-4-2)14(18)12-5-6-16-13(15)11-12/h5-6,11H,3-4,7-10H2,1-2H3,(H2,15,16). The number of aromatic nitrogens is 1. The zero-order valence-electron chi connectivity index (χ0n) is 12.2. The van der Waals surface area contributed by atoms with Gasteiger partial charge in [-0.15, -0.1) is 0 Å². The van der Waals surface area contributed by atoms with Gasteiger partial charge in [0.05, 0.1) is 13.2 Å². The maximum atomic E-state index is 12.4. The lowest BCUT2D eigenvalue weighted by molar-refractivity contribution is 0.0550. The van der Waals surface area contributed by atoms with Crippen molar-refractivity contribution in [3.8, 4) is 0 Å². The van der Waals surface area contributed by atoms with Gasteiger partial charge in [-0.05, 0) is 26.0 Å². The summed E-state index contributed by atoms with van der Waals surface area (Å²) in [7, 11) is 0. The van der Waals surface area contributed by atoms with Gasteiger partial charge in [-0.25, -0.2) is 4.98 Å². The van der Waals surface area contributed by atoms with Gasteiger partial charge in [0.25, 0.3) is 5.91 Å². The number of pyridine rings is 1. The number of nitrogen functional groups attached to an aromatic ring is 1. The predicted octanol–water partition coefficient (Wildman–Crippen LogP) is 1.18. The van der Waals surface area contributed by atoms with Crippen molar-refractivity contribution >= 4 is 11.7 Å². The fraction of sp³-hybridized carbons (Fsp3) is 0.571. The second-order valence-corrected chi connectivity index (χ2v) is 4.16. The molecule has 0 aliphatic heterocycles. The average molecular weight is 281 g/mol. The number of amides is 1. The Hall–Kier alpha value is -1.66. The number of nitrogens with zero attached hydrogens (tertiary/aromatic N) is 2. The molecule has 1 aromatic heterocycles. The molecule has 1 heterocycles. The second kappa shape index (κ2) is 9.28. The minimum absolute atomic E-state index is 0.0847. The number of carbonyl (C=O) groups is 1. The van der Waals surface area contributed by atoms with Gasteiger partial charge in [0, 0.05) is 38.1 Å². The van der Waals surface area contributed by atoms with E-state index in [2.05, 4.69) is 4.98 Å². The molecule has 0 atom stereocenters. The smallest absolute Gasteiger partial charge is 0.254 e. The monoisotopic (exact) mass is 281 g/mol. The van der Waals surface area contributed by atoms with Crippen LogP contribution in [0.2, 0.25) is 0 Å². The number of hydrogen-bond acceptors (Lipinski definition) is 5. The Morgan fingerprint density at radius 1 is 1.25 bits per heavy atom. The van der Waals surface area contributed by atoms with Crippen LogP contribution in [-0.4, -0.2) is 55.3 Å². The minimum atomic E-state index is -0.0847. The highest BCUT2D eigenvalue weighted by atomic mass is 16.5. The Bertz CT molecular complexity index is 402. The maximum absolute atomic E-state index is 12.4. The van der Waals surface area contributed by atoms with Crippen LogP contribution in [0.1, 0.15) is 24.2 Å². The Morgan fingerprint density at radius 3 is 2.35 bits per heavy atom. The third kappa shape index (κ3) is 5.54. The predicted molar refractivity (Wildman–Crippen MR) is 77.5 cm³/mol. The van der Waals surface area contributed by atoms with Crippen LogP contribution in [-0.2, 0) is 9.47 Å². The summed E-state index contributed by atoms with van der Waals surface area (Å²) < 4.78 is 10.6. The van der Waals surface area contributed by atoms with Crippen LogP contribution in [0, 0.1) is 0 Å². The molecule has 0 saturated carbocycles. The van der Waals surface area contributed by atoms with Crippen LogP contribution in [0.15, 0.2) is 18.3 Å². The molecule has 112 valence electrons. The normalized spacial score (nSPS) is 10.5. The van der Waals surface area contributed by atoms with Gasteiger partial charge < -0.3 is 20.1 Å². The van der Waals surface area contributed by atoms with E-state index in [0.29, 0.717) is 50.9 Å². The van der Waals surface area contributed by atoms with Crippen molar-refractivity contribution in [1.82, 2.24) is 9.88 Å². The summed E-state index contributed by atoms with van der Waals surface area (Å²) in [6.07, 6.45) is 1.53. The van der Waals surface area contributed by atoms with Crippen molar-refractivity contribution in [2.75, 3.05) is 45.3 Å². The molecule has 0 fully saturated rings. The molecular formula is C14H23N3O3. The molecule has 20 heavy (non-hydrogen) atoms. The van der Waals surface area contributed by atoms with E-state index in [1.54, 1.807) is 17.0 Å². The second-order valence-electron chi connectivity index (χ2n) is 4.16. The molecule has 0 spiro atoms. The molecule has 0 radical (unpaired) electrons. The van der Waals surface area contributed by atoms with Gasteiger partial charge >= 0.3 is 0 Å². The molecular weight excluding hydrogens is 258 g/mol. The summed E-state index contributed by atoms with van der Waals surface area (Å²) in [4.78, 5) is 18.0. The number of nitrogens with two attached hydrogens (primary N) is 1. The highest BCUT2D eigenvalue weighted by Gasteiger charge is 2.15. The Kier molecular flexibility index (Phi) is 7.60. The summed E-state index contributed by atoms with van der Waals surface area (Å²) in [5, 5.41) is 0. The van der Waals surface area contributed by atoms with Gasteiger partial charge in [-0.2, -0.15) is 0 Å². The van der Waals surface area contributed by atoms with Gasteiger partial charge in [0.2, 0.25) is 0 Å². The summed E-state index contributed by atoms with van der Waals surface area (Å²) in [5.41, 5.74) is 6.14. The number of hydrogen-bond donors (Lipinski definition) is 1. The van der Waals surface area contributed by atoms with Crippen molar-refractivity contribution in [2.45, 2.75) is 13.8 Å². The summed E-state index contributed by atoms with van der Waals surface area (Å²) >= 11 is 0. The highest BCUT2D eigenvalue weighted by Crippen LogP contribution is 2.07. The first-order valence-corrected chi connectivity index (χ1v) is 6.85. The van der Waals surface area contributed by atoms with Crippen LogP contribution >= 0.6 is 0 Å². The van der Waals surface area contributed by atoms with E-state index in [1.807, 2.05) is 13.8 Å². The largest absolute Gasteiger partial charge is 0.384 e. The lowest BCUT2D eigenvalue weighted by Crippen LogP contribution is -2.36. The lowest BCUT2D eigenvalue weighted by Gasteiger charge is -2.22. The SMILES string of the molecule is CCOCCN(CCOCC)C(=O)c1ccnc(N)c1. The molecule has 0 aliphatic carbocycles. The highest BCUT2D eigenvalue weighted by molar-refractivity contribution is 5.94. The Balaban J connectivity index is 2.66. The van der Waals surface area contributed by atoms with Crippen molar-refractivity contribution in [1.29, 1.82) is 0 Å². The molecule has 0 aromatic carbocycles. The molecule has 6 nitrogen and oxygen atoms in total. The Labute approximate surface area is 119 Å².